The number of fused-ring (bicyclic) bond motifs is 1. The van der Waals surface area contributed by atoms with Crippen molar-refractivity contribution in [3.05, 3.63) is 16.5 Å². The summed E-state index contributed by atoms with van der Waals surface area (Å²) in [6.45, 7) is 6.31. The highest BCUT2D eigenvalue weighted by molar-refractivity contribution is 7.99. The molecule has 2 heterocycles. The predicted octanol–water partition coefficient (Wildman–Crippen LogP) is 3.08. The maximum Gasteiger partial charge on any atom is 0.137 e. The molecule has 1 aliphatic heterocycles. The molecule has 1 aromatic heterocycles. The molecule has 0 N–H and O–H groups in total. The Bertz CT molecular complexity index is 371. The van der Waals surface area contributed by atoms with Crippen molar-refractivity contribution in [2.45, 2.75) is 37.6 Å². The smallest absolute Gasteiger partial charge is 0.137 e. The molecule has 0 radical (unpaired) electrons. The molecule has 0 aromatic carbocycles. The Hall–Kier alpha value is -0.280. The summed E-state index contributed by atoms with van der Waals surface area (Å²) in [5.74, 6) is 1.92. The Labute approximate surface area is 93.5 Å². The molecule has 2 rings (SSSR count). The van der Waals surface area contributed by atoms with Crippen molar-refractivity contribution in [1.82, 2.24) is 9.97 Å². The molecule has 0 fully saturated rings. The first-order valence-electron chi connectivity index (χ1n) is 4.68. The Morgan fingerprint density at radius 3 is 2.64 bits per heavy atom. The van der Waals surface area contributed by atoms with E-state index in [-0.39, 0.29) is 5.41 Å². The van der Waals surface area contributed by atoms with Gasteiger partial charge in [-0.3, -0.25) is 0 Å². The molecule has 0 spiro atoms. The van der Waals surface area contributed by atoms with Gasteiger partial charge in [0, 0.05) is 16.7 Å². The fourth-order valence-electron chi connectivity index (χ4n) is 1.35. The van der Waals surface area contributed by atoms with Gasteiger partial charge in [0.2, 0.25) is 0 Å². The Morgan fingerprint density at radius 2 is 2.00 bits per heavy atom. The maximum atomic E-state index is 6.12. The predicted molar refractivity (Wildman–Crippen MR) is 60.2 cm³/mol. The maximum absolute atomic E-state index is 6.12. The van der Waals surface area contributed by atoms with Crippen LogP contribution in [0, 0.1) is 0 Å². The van der Waals surface area contributed by atoms with Gasteiger partial charge in [-0.1, -0.05) is 32.4 Å². The van der Waals surface area contributed by atoms with E-state index < -0.39 is 0 Å². The summed E-state index contributed by atoms with van der Waals surface area (Å²) in [5, 5.41) is 1.72. The average molecular weight is 229 g/mol. The molecule has 0 saturated heterocycles. The lowest BCUT2D eigenvalue weighted by atomic mass is 9.96. The van der Waals surface area contributed by atoms with E-state index in [9.17, 15) is 0 Å². The van der Waals surface area contributed by atoms with Crippen LogP contribution in [0.3, 0.4) is 0 Å². The van der Waals surface area contributed by atoms with E-state index in [1.807, 2.05) is 0 Å². The molecule has 0 bridgehead atoms. The van der Waals surface area contributed by atoms with Gasteiger partial charge in [-0.05, 0) is 6.42 Å². The van der Waals surface area contributed by atoms with Gasteiger partial charge in [0.15, 0.2) is 0 Å². The van der Waals surface area contributed by atoms with E-state index in [2.05, 4.69) is 30.7 Å². The van der Waals surface area contributed by atoms with Crippen molar-refractivity contribution >= 4 is 23.4 Å². The van der Waals surface area contributed by atoms with Crippen LogP contribution in [0.2, 0.25) is 5.15 Å². The first kappa shape index (κ1) is 10.2. The lowest BCUT2D eigenvalue weighted by molar-refractivity contribution is 0.537. The van der Waals surface area contributed by atoms with Gasteiger partial charge < -0.3 is 0 Å². The number of rotatable bonds is 0. The lowest BCUT2D eigenvalue weighted by Crippen LogP contribution is -2.16. The molecule has 1 aliphatic rings. The fourth-order valence-corrected chi connectivity index (χ4v) is 2.70. The molecule has 0 atom stereocenters. The van der Waals surface area contributed by atoms with Crippen LogP contribution >= 0.6 is 23.4 Å². The summed E-state index contributed by atoms with van der Waals surface area (Å²) in [6, 6.07) is 0. The van der Waals surface area contributed by atoms with Gasteiger partial charge in [0.05, 0.1) is 0 Å². The molecule has 76 valence electrons. The molecule has 14 heavy (non-hydrogen) atoms. The molecule has 2 nitrogen and oxygen atoms in total. The van der Waals surface area contributed by atoms with E-state index in [1.165, 1.54) is 0 Å². The van der Waals surface area contributed by atoms with E-state index in [1.54, 1.807) is 11.8 Å². The van der Waals surface area contributed by atoms with E-state index in [0.29, 0.717) is 5.15 Å². The standard InChI is InChI=1S/C10H13ClN2S/c1-10(2,3)9-12-7(11)6-4-5-14-8(6)13-9/h4-5H2,1-3H3. The number of hydrogen-bond acceptors (Lipinski definition) is 3. The van der Waals surface area contributed by atoms with Crippen LogP contribution in [0.1, 0.15) is 32.2 Å². The Balaban J connectivity index is 2.52. The number of nitrogens with zero attached hydrogens (tertiary/aromatic N) is 2. The van der Waals surface area contributed by atoms with Crippen LogP contribution in [0.5, 0.6) is 0 Å². The molecular formula is C10H13ClN2S. The van der Waals surface area contributed by atoms with Gasteiger partial charge in [-0.25, -0.2) is 9.97 Å². The van der Waals surface area contributed by atoms with Crippen LogP contribution in [-0.2, 0) is 11.8 Å². The normalized spacial score (nSPS) is 15.7. The van der Waals surface area contributed by atoms with Crippen molar-refractivity contribution < 1.29 is 0 Å². The highest BCUT2D eigenvalue weighted by Gasteiger charge is 2.24. The number of halogens is 1. The molecule has 0 unspecified atom stereocenters. The molecule has 0 aliphatic carbocycles. The second-order valence-corrected chi connectivity index (χ2v) is 5.91. The van der Waals surface area contributed by atoms with Crippen molar-refractivity contribution in [2.75, 3.05) is 5.75 Å². The van der Waals surface area contributed by atoms with Crippen molar-refractivity contribution in [1.29, 1.82) is 0 Å². The minimum atomic E-state index is -0.0260. The topological polar surface area (TPSA) is 25.8 Å². The highest BCUT2D eigenvalue weighted by Crippen LogP contribution is 2.35. The summed E-state index contributed by atoms with van der Waals surface area (Å²) in [6.07, 6.45) is 1.00. The summed E-state index contributed by atoms with van der Waals surface area (Å²) in [7, 11) is 0. The number of aromatic nitrogens is 2. The molecule has 0 saturated carbocycles. The molecule has 0 amide bonds. The minimum absolute atomic E-state index is 0.0260. The third-order valence-electron chi connectivity index (χ3n) is 2.18. The van der Waals surface area contributed by atoms with Gasteiger partial charge in [0.25, 0.3) is 0 Å². The van der Waals surface area contributed by atoms with Gasteiger partial charge in [-0.15, -0.1) is 11.8 Å². The minimum Gasteiger partial charge on any atom is -0.226 e. The first-order chi connectivity index (χ1) is 6.48. The molecule has 1 aromatic rings. The van der Waals surface area contributed by atoms with E-state index in [4.69, 9.17) is 11.6 Å². The van der Waals surface area contributed by atoms with Crippen LogP contribution in [-0.4, -0.2) is 15.7 Å². The second kappa shape index (κ2) is 3.38. The van der Waals surface area contributed by atoms with E-state index >= 15 is 0 Å². The zero-order valence-electron chi connectivity index (χ0n) is 8.59. The summed E-state index contributed by atoms with van der Waals surface area (Å²) < 4.78 is 0. The van der Waals surface area contributed by atoms with Crippen LogP contribution in [0.25, 0.3) is 0 Å². The van der Waals surface area contributed by atoms with Crippen LogP contribution in [0.15, 0.2) is 5.03 Å². The monoisotopic (exact) mass is 228 g/mol. The molecular weight excluding hydrogens is 216 g/mol. The highest BCUT2D eigenvalue weighted by atomic mass is 35.5. The molecule has 4 heteroatoms. The largest absolute Gasteiger partial charge is 0.226 e. The van der Waals surface area contributed by atoms with Crippen LogP contribution in [0.4, 0.5) is 0 Å². The van der Waals surface area contributed by atoms with Crippen molar-refractivity contribution in [3.63, 3.8) is 0 Å². The zero-order valence-corrected chi connectivity index (χ0v) is 10.2. The van der Waals surface area contributed by atoms with Gasteiger partial charge in [0.1, 0.15) is 16.0 Å². The third kappa shape index (κ3) is 1.75. The zero-order chi connectivity index (χ0) is 10.3. The quantitative estimate of drug-likeness (QED) is 0.639. The summed E-state index contributed by atoms with van der Waals surface area (Å²) in [5.41, 5.74) is 1.10. The summed E-state index contributed by atoms with van der Waals surface area (Å²) in [4.78, 5) is 8.91. The fraction of sp³-hybridized carbons (Fsp3) is 0.600. The Morgan fingerprint density at radius 1 is 1.29 bits per heavy atom. The van der Waals surface area contributed by atoms with Crippen molar-refractivity contribution in [3.8, 4) is 0 Å². The van der Waals surface area contributed by atoms with Gasteiger partial charge >= 0.3 is 0 Å². The average Bonchev–Trinajstić information content (AvgIpc) is 2.50. The SMILES string of the molecule is CC(C)(C)c1nc(Cl)c2c(n1)SCC2. The number of hydrogen-bond donors (Lipinski definition) is 0. The van der Waals surface area contributed by atoms with Crippen LogP contribution < -0.4 is 0 Å². The lowest BCUT2D eigenvalue weighted by Gasteiger charge is -2.17. The first-order valence-corrected chi connectivity index (χ1v) is 6.04. The summed E-state index contributed by atoms with van der Waals surface area (Å²) >= 11 is 7.89. The van der Waals surface area contributed by atoms with Gasteiger partial charge in [-0.2, -0.15) is 0 Å². The van der Waals surface area contributed by atoms with E-state index in [0.717, 1.165) is 28.6 Å². The Kier molecular flexibility index (Phi) is 2.48. The number of thioether (sulfide) groups is 1. The second-order valence-electron chi connectivity index (χ2n) is 4.47. The van der Waals surface area contributed by atoms with Crippen molar-refractivity contribution in [2.24, 2.45) is 0 Å². The third-order valence-corrected chi connectivity index (χ3v) is 3.51.